The van der Waals surface area contributed by atoms with Crippen LogP contribution in [0.2, 0.25) is 0 Å². The number of para-hydroxylation sites is 1. The first-order valence-corrected chi connectivity index (χ1v) is 11.8. The Hall–Kier alpha value is -4.19. The lowest BCUT2D eigenvalue weighted by Crippen LogP contribution is -2.35. The number of carbonyl (C=O) groups is 2. The standard InChI is InChI=1S/C29H27N3O3/c1-18-14-15-25(30-17-18)32-29(34)26-19(2)31-23-12-7-13-24(33)28(23)27(26)20-8-6-11-22(16-20)35-21-9-4-3-5-10-21/h3-6,8-11,14-17,27,31H,7,12-13H2,1-2H3,(H,30,32,34)/t27-/m1/s1. The molecule has 6 heteroatoms. The van der Waals surface area contributed by atoms with Crippen molar-refractivity contribution in [2.24, 2.45) is 0 Å². The van der Waals surface area contributed by atoms with Gasteiger partial charge in [-0.2, -0.15) is 0 Å². The van der Waals surface area contributed by atoms with Crippen LogP contribution in [0.5, 0.6) is 11.5 Å². The molecule has 1 aliphatic heterocycles. The monoisotopic (exact) mass is 465 g/mol. The third-order valence-electron chi connectivity index (χ3n) is 6.34. The number of benzene rings is 2. The number of amides is 1. The molecule has 1 aromatic heterocycles. The van der Waals surface area contributed by atoms with E-state index in [1.165, 1.54) is 0 Å². The fraction of sp³-hybridized carbons (Fsp3) is 0.207. The number of dihydropyridines is 1. The summed E-state index contributed by atoms with van der Waals surface area (Å²) >= 11 is 0. The summed E-state index contributed by atoms with van der Waals surface area (Å²) < 4.78 is 6.06. The zero-order valence-corrected chi connectivity index (χ0v) is 19.8. The summed E-state index contributed by atoms with van der Waals surface area (Å²) in [6.07, 6.45) is 3.77. The van der Waals surface area contributed by atoms with Crippen LogP contribution < -0.4 is 15.4 Å². The fourth-order valence-electron chi connectivity index (χ4n) is 4.73. The Balaban J connectivity index is 1.55. The summed E-state index contributed by atoms with van der Waals surface area (Å²) in [6.45, 7) is 3.83. The van der Waals surface area contributed by atoms with Crippen LogP contribution in [0.15, 0.2) is 95.5 Å². The molecule has 2 N–H and O–H groups in total. The van der Waals surface area contributed by atoms with Crippen molar-refractivity contribution in [3.63, 3.8) is 0 Å². The van der Waals surface area contributed by atoms with Crippen molar-refractivity contribution < 1.29 is 14.3 Å². The summed E-state index contributed by atoms with van der Waals surface area (Å²) in [6, 6.07) is 20.9. The van der Waals surface area contributed by atoms with Crippen molar-refractivity contribution in [3.8, 4) is 11.5 Å². The number of anilines is 1. The predicted octanol–water partition coefficient (Wildman–Crippen LogP) is 5.79. The van der Waals surface area contributed by atoms with E-state index in [9.17, 15) is 9.59 Å². The number of hydrogen-bond donors (Lipinski definition) is 2. The van der Waals surface area contributed by atoms with Crippen LogP contribution in [0.25, 0.3) is 0 Å². The van der Waals surface area contributed by atoms with Gasteiger partial charge in [0.1, 0.15) is 17.3 Å². The summed E-state index contributed by atoms with van der Waals surface area (Å²) in [4.78, 5) is 31.1. The number of rotatable bonds is 5. The molecule has 0 saturated heterocycles. The quantitative estimate of drug-likeness (QED) is 0.499. The summed E-state index contributed by atoms with van der Waals surface area (Å²) in [5, 5.41) is 6.28. The average Bonchev–Trinajstić information content (AvgIpc) is 2.85. The van der Waals surface area contributed by atoms with Crippen molar-refractivity contribution in [3.05, 3.63) is 107 Å². The van der Waals surface area contributed by atoms with Crippen LogP contribution in [0.1, 0.15) is 43.2 Å². The molecule has 2 aliphatic rings. The highest BCUT2D eigenvalue weighted by Gasteiger charge is 2.38. The van der Waals surface area contributed by atoms with Gasteiger partial charge in [-0.3, -0.25) is 9.59 Å². The molecule has 35 heavy (non-hydrogen) atoms. The summed E-state index contributed by atoms with van der Waals surface area (Å²) in [5.41, 5.74) is 4.67. The van der Waals surface area contributed by atoms with Gasteiger partial charge in [0.2, 0.25) is 0 Å². The first-order valence-electron chi connectivity index (χ1n) is 11.8. The van der Waals surface area contributed by atoms with E-state index in [1.54, 1.807) is 12.3 Å². The Morgan fingerprint density at radius 2 is 1.80 bits per heavy atom. The van der Waals surface area contributed by atoms with Gasteiger partial charge in [-0.15, -0.1) is 0 Å². The molecule has 0 saturated carbocycles. The Bertz CT molecular complexity index is 1340. The van der Waals surface area contributed by atoms with E-state index in [1.807, 2.05) is 74.5 Å². The maximum absolute atomic E-state index is 13.6. The molecule has 1 aliphatic carbocycles. The van der Waals surface area contributed by atoms with Gasteiger partial charge in [0.15, 0.2) is 5.78 Å². The van der Waals surface area contributed by atoms with Gasteiger partial charge in [-0.1, -0.05) is 36.4 Å². The smallest absolute Gasteiger partial charge is 0.255 e. The molecule has 0 fully saturated rings. The van der Waals surface area contributed by atoms with E-state index in [4.69, 9.17) is 4.74 Å². The summed E-state index contributed by atoms with van der Waals surface area (Å²) in [7, 11) is 0. The number of ketones is 1. The Labute approximate surface area is 204 Å². The van der Waals surface area contributed by atoms with Crippen LogP contribution in [0, 0.1) is 6.92 Å². The molecule has 5 rings (SSSR count). The van der Waals surface area contributed by atoms with Gasteiger partial charge in [0, 0.05) is 41.1 Å². The molecule has 1 atom stereocenters. The molecule has 6 nitrogen and oxygen atoms in total. The number of nitrogens with zero attached hydrogens (tertiary/aromatic N) is 1. The molecule has 0 radical (unpaired) electrons. The number of carbonyl (C=O) groups excluding carboxylic acids is 2. The van der Waals surface area contributed by atoms with Crippen LogP contribution in [-0.2, 0) is 9.59 Å². The maximum atomic E-state index is 13.6. The zero-order chi connectivity index (χ0) is 24.4. The number of pyridine rings is 1. The van der Waals surface area contributed by atoms with E-state index in [0.29, 0.717) is 29.1 Å². The van der Waals surface area contributed by atoms with Crippen molar-refractivity contribution in [1.82, 2.24) is 10.3 Å². The van der Waals surface area contributed by atoms with Crippen molar-refractivity contribution in [2.75, 3.05) is 5.32 Å². The molecule has 0 spiro atoms. The van der Waals surface area contributed by atoms with Gasteiger partial charge in [-0.25, -0.2) is 4.98 Å². The third-order valence-corrected chi connectivity index (χ3v) is 6.34. The minimum absolute atomic E-state index is 0.0735. The minimum atomic E-state index is -0.496. The molecule has 176 valence electrons. The number of hydrogen-bond acceptors (Lipinski definition) is 5. The molecule has 1 amide bonds. The summed E-state index contributed by atoms with van der Waals surface area (Å²) in [5.74, 6) is 1.13. The fourth-order valence-corrected chi connectivity index (χ4v) is 4.73. The highest BCUT2D eigenvalue weighted by Crippen LogP contribution is 2.43. The second kappa shape index (κ2) is 9.58. The van der Waals surface area contributed by atoms with E-state index >= 15 is 0 Å². The van der Waals surface area contributed by atoms with Crippen LogP contribution in [-0.4, -0.2) is 16.7 Å². The molecule has 3 aromatic rings. The van der Waals surface area contributed by atoms with E-state index in [2.05, 4.69) is 15.6 Å². The van der Waals surface area contributed by atoms with Gasteiger partial charge in [0.25, 0.3) is 5.91 Å². The third kappa shape index (κ3) is 4.73. The SMILES string of the molecule is CC1=C(C(=O)Nc2ccc(C)cn2)[C@@H](c2cccc(Oc3ccccc3)c2)C2=C(CCCC2=O)N1. The number of ether oxygens (including phenoxy) is 1. The Kier molecular flexibility index (Phi) is 6.19. The van der Waals surface area contributed by atoms with E-state index < -0.39 is 5.92 Å². The minimum Gasteiger partial charge on any atom is -0.457 e. The maximum Gasteiger partial charge on any atom is 0.255 e. The number of Topliss-reactive ketones (excluding diaryl/α,β-unsaturated/α-hetero) is 1. The predicted molar refractivity (Wildman–Crippen MR) is 135 cm³/mol. The van der Waals surface area contributed by atoms with Crippen LogP contribution in [0.3, 0.4) is 0 Å². The Morgan fingerprint density at radius 3 is 2.57 bits per heavy atom. The van der Waals surface area contributed by atoms with Crippen molar-refractivity contribution in [2.45, 2.75) is 39.0 Å². The second-order valence-corrected chi connectivity index (χ2v) is 8.93. The molecular weight excluding hydrogens is 438 g/mol. The highest BCUT2D eigenvalue weighted by atomic mass is 16.5. The number of nitrogens with one attached hydrogen (secondary N) is 2. The average molecular weight is 466 g/mol. The number of aromatic nitrogens is 1. The van der Waals surface area contributed by atoms with Gasteiger partial charge in [0.05, 0.1) is 0 Å². The second-order valence-electron chi connectivity index (χ2n) is 8.93. The largest absolute Gasteiger partial charge is 0.457 e. The number of aryl methyl sites for hydroxylation is 1. The van der Waals surface area contributed by atoms with Gasteiger partial charge >= 0.3 is 0 Å². The van der Waals surface area contributed by atoms with Crippen molar-refractivity contribution in [1.29, 1.82) is 0 Å². The highest BCUT2D eigenvalue weighted by molar-refractivity contribution is 6.09. The van der Waals surface area contributed by atoms with E-state index in [0.717, 1.165) is 41.1 Å². The lowest BCUT2D eigenvalue weighted by Gasteiger charge is -2.34. The van der Waals surface area contributed by atoms with Gasteiger partial charge < -0.3 is 15.4 Å². The topological polar surface area (TPSA) is 80.3 Å². The first kappa shape index (κ1) is 22.6. The van der Waals surface area contributed by atoms with Crippen LogP contribution >= 0.6 is 0 Å². The van der Waals surface area contributed by atoms with E-state index in [-0.39, 0.29) is 11.7 Å². The molecule has 0 unspecified atom stereocenters. The molecule has 0 bridgehead atoms. The van der Waals surface area contributed by atoms with Crippen molar-refractivity contribution >= 4 is 17.5 Å². The Morgan fingerprint density at radius 1 is 1.00 bits per heavy atom. The lowest BCUT2D eigenvalue weighted by atomic mass is 9.75. The molecule has 2 aromatic carbocycles. The molecule has 2 heterocycles. The normalized spacial score (nSPS) is 17.5. The first-order chi connectivity index (χ1) is 17.0. The lowest BCUT2D eigenvalue weighted by molar-refractivity contribution is -0.116. The molecular formula is C29H27N3O3. The zero-order valence-electron chi connectivity index (χ0n) is 19.8. The van der Waals surface area contributed by atoms with Gasteiger partial charge in [-0.05, 0) is 68.1 Å². The van der Waals surface area contributed by atoms with Crippen LogP contribution in [0.4, 0.5) is 5.82 Å². The number of allylic oxidation sites excluding steroid dienone is 3.